The Hall–Kier alpha value is -4.84. The van der Waals surface area contributed by atoms with Crippen LogP contribution in [-0.2, 0) is 13.7 Å². The van der Waals surface area contributed by atoms with E-state index >= 15 is 0 Å². The number of nitrogens with one attached hydrogen (secondary N) is 1. The smallest absolute Gasteiger partial charge is 0.157 e. The lowest BCUT2D eigenvalue weighted by Gasteiger charge is -2.12. The molecule has 0 saturated carbocycles. The number of imidazole rings is 2. The van der Waals surface area contributed by atoms with E-state index in [1.807, 2.05) is 48.1 Å². The molecule has 1 N–H and O–H groups in total. The number of aromatic nitrogens is 5. The third kappa shape index (κ3) is 5.23. The van der Waals surface area contributed by atoms with Crippen molar-refractivity contribution in [2.45, 2.75) is 6.61 Å². The fourth-order valence-corrected chi connectivity index (χ4v) is 3.48. The number of hydrogen-bond donors (Lipinski definition) is 1. The van der Waals surface area contributed by atoms with Gasteiger partial charge in [0.25, 0.3) is 0 Å². The zero-order chi connectivity index (χ0) is 24.0. The number of nitrogens with zero attached hydrogens (tertiary/aromatic N) is 5. The highest BCUT2D eigenvalue weighted by Crippen LogP contribution is 2.30. The first-order valence-corrected chi connectivity index (χ1v) is 11.0. The molecular formula is C26H22N6O3. The van der Waals surface area contributed by atoms with Gasteiger partial charge in [0.15, 0.2) is 5.65 Å². The Kier molecular flexibility index (Phi) is 6.26. The lowest BCUT2D eigenvalue weighted by Crippen LogP contribution is -2.09. The standard InChI is InChI=1S/C26H22N6O3/c1-32-10-9-28-24(32)17-35-22-14-19(25-30-23-3-2-8-29-26(23)31-25)13-21(15-22)34-12-11-33-20-6-4-18(16-27)5-7-20/h2-10,13-15H,11-12,17H2,1H3,(H,29,30,31). The summed E-state index contributed by atoms with van der Waals surface area (Å²) in [7, 11) is 1.92. The lowest BCUT2D eigenvalue weighted by molar-refractivity contribution is 0.216. The number of aryl methyl sites for hydroxylation is 1. The second kappa shape index (κ2) is 9.97. The summed E-state index contributed by atoms with van der Waals surface area (Å²) in [5, 5.41) is 8.91. The minimum Gasteiger partial charge on any atom is -0.490 e. The molecule has 0 bridgehead atoms. The number of benzene rings is 2. The first-order chi connectivity index (χ1) is 17.2. The second-order valence-electron chi connectivity index (χ2n) is 7.73. The van der Waals surface area contributed by atoms with E-state index in [9.17, 15) is 0 Å². The van der Waals surface area contributed by atoms with E-state index in [4.69, 9.17) is 19.5 Å². The van der Waals surface area contributed by atoms with Crippen LogP contribution in [0.2, 0.25) is 0 Å². The fraction of sp³-hybridized carbons (Fsp3) is 0.154. The molecule has 0 saturated heterocycles. The zero-order valence-corrected chi connectivity index (χ0v) is 19.0. The maximum atomic E-state index is 8.91. The van der Waals surface area contributed by atoms with Gasteiger partial charge in [-0.15, -0.1) is 0 Å². The summed E-state index contributed by atoms with van der Waals surface area (Å²) in [4.78, 5) is 16.5. The average Bonchev–Trinajstić information content (AvgIpc) is 3.51. The van der Waals surface area contributed by atoms with Crippen molar-refractivity contribution in [3.63, 3.8) is 0 Å². The molecule has 5 aromatic rings. The normalized spacial score (nSPS) is 10.7. The number of H-pyrrole nitrogens is 1. The molecule has 0 fully saturated rings. The lowest BCUT2D eigenvalue weighted by atomic mass is 10.2. The summed E-state index contributed by atoms with van der Waals surface area (Å²) in [6.45, 7) is 0.980. The minimum absolute atomic E-state index is 0.315. The second-order valence-corrected chi connectivity index (χ2v) is 7.73. The third-order valence-corrected chi connectivity index (χ3v) is 5.30. The van der Waals surface area contributed by atoms with Gasteiger partial charge in [0.1, 0.15) is 54.2 Å². The van der Waals surface area contributed by atoms with Gasteiger partial charge in [-0.25, -0.2) is 15.0 Å². The van der Waals surface area contributed by atoms with E-state index in [-0.39, 0.29) is 0 Å². The van der Waals surface area contributed by atoms with Crippen molar-refractivity contribution in [1.29, 1.82) is 5.26 Å². The maximum Gasteiger partial charge on any atom is 0.157 e. The van der Waals surface area contributed by atoms with Gasteiger partial charge in [-0.05, 0) is 48.5 Å². The number of pyridine rings is 1. The van der Waals surface area contributed by atoms with Crippen molar-refractivity contribution in [3.05, 3.63) is 84.6 Å². The Balaban J connectivity index is 1.32. The summed E-state index contributed by atoms with van der Waals surface area (Å²) < 4.78 is 19.6. The van der Waals surface area contributed by atoms with E-state index in [2.05, 4.69) is 26.0 Å². The van der Waals surface area contributed by atoms with E-state index < -0.39 is 0 Å². The van der Waals surface area contributed by atoms with Crippen LogP contribution in [0.4, 0.5) is 0 Å². The Morgan fingerprint density at radius 1 is 0.914 bits per heavy atom. The van der Waals surface area contributed by atoms with Crippen LogP contribution in [0.15, 0.2) is 73.2 Å². The van der Waals surface area contributed by atoms with E-state index in [0.29, 0.717) is 54.1 Å². The Labute approximate surface area is 201 Å². The molecule has 0 unspecified atom stereocenters. The van der Waals surface area contributed by atoms with Gasteiger partial charge in [0, 0.05) is 37.3 Å². The first kappa shape index (κ1) is 22.0. The Morgan fingerprint density at radius 2 is 1.69 bits per heavy atom. The molecule has 0 aliphatic heterocycles. The Bertz CT molecular complexity index is 1450. The van der Waals surface area contributed by atoms with Crippen LogP contribution in [0.3, 0.4) is 0 Å². The monoisotopic (exact) mass is 466 g/mol. The Morgan fingerprint density at radius 3 is 2.40 bits per heavy atom. The van der Waals surface area contributed by atoms with Gasteiger partial charge in [0.05, 0.1) is 11.6 Å². The summed E-state index contributed by atoms with van der Waals surface area (Å²) in [5.74, 6) is 3.40. The highest BCUT2D eigenvalue weighted by Gasteiger charge is 2.11. The molecule has 0 aliphatic carbocycles. The minimum atomic E-state index is 0.315. The molecule has 9 heteroatoms. The summed E-state index contributed by atoms with van der Waals surface area (Å²) in [5.41, 5.74) is 2.88. The predicted octanol–water partition coefficient (Wildman–Crippen LogP) is 4.27. The zero-order valence-electron chi connectivity index (χ0n) is 19.0. The molecule has 174 valence electrons. The van der Waals surface area contributed by atoms with E-state index in [1.54, 1.807) is 36.7 Å². The van der Waals surface area contributed by atoms with Gasteiger partial charge in [-0.3, -0.25) is 0 Å². The topological polar surface area (TPSA) is 111 Å². The van der Waals surface area contributed by atoms with E-state index in [1.165, 1.54) is 0 Å². The highest BCUT2D eigenvalue weighted by molar-refractivity contribution is 5.76. The van der Waals surface area contributed by atoms with Crippen molar-refractivity contribution in [1.82, 2.24) is 24.5 Å². The number of fused-ring (bicyclic) bond motifs is 1. The summed E-state index contributed by atoms with van der Waals surface area (Å²) in [6.07, 6.45) is 5.33. The van der Waals surface area contributed by atoms with Crippen molar-refractivity contribution < 1.29 is 14.2 Å². The van der Waals surface area contributed by atoms with Crippen LogP contribution in [0.25, 0.3) is 22.6 Å². The number of nitriles is 1. The first-order valence-electron chi connectivity index (χ1n) is 11.0. The van der Waals surface area contributed by atoms with Crippen LogP contribution in [0.5, 0.6) is 17.2 Å². The van der Waals surface area contributed by atoms with Crippen LogP contribution < -0.4 is 14.2 Å². The van der Waals surface area contributed by atoms with Crippen LogP contribution >= 0.6 is 0 Å². The van der Waals surface area contributed by atoms with Crippen molar-refractivity contribution in [3.8, 4) is 34.7 Å². The molecule has 9 nitrogen and oxygen atoms in total. The van der Waals surface area contributed by atoms with Gasteiger partial charge in [-0.1, -0.05) is 0 Å². The molecular weight excluding hydrogens is 444 g/mol. The predicted molar refractivity (Wildman–Crippen MR) is 129 cm³/mol. The molecule has 0 radical (unpaired) electrons. The molecule has 0 amide bonds. The summed E-state index contributed by atoms with van der Waals surface area (Å²) in [6, 6.07) is 18.4. The molecule has 0 atom stereocenters. The SMILES string of the molecule is Cn1ccnc1COc1cc(OCCOc2ccc(C#N)cc2)cc(-c2nc3cccnc3[nH]2)c1. The molecule has 3 aromatic heterocycles. The van der Waals surface area contributed by atoms with Crippen molar-refractivity contribution in [2.75, 3.05) is 13.2 Å². The fourth-order valence-electron chi connectivity index (χ4n) is 3.48. The van der Waals surface area contributed by atoms with Gasteiger partial charge in [-0.2, -0.15) is 5.26 Å². The highest BCUT2D eigenvalue weighted by atomic mass is 16.5. The number of aromatic amines is 1. The van der Waals surface area contributed by atoms with Crippen molar-refractivity contribution >= 4 is 11.2 Å². The number of rotatable bonds is 9. The third-order valence-electron chi connectivity index (χ3n) is 5.30. The molecule has 5 rings (SSSR count). The molecule has 0 spiro atoms. The van der Waals surface area contributed by atoms with Crippen LogP contribution in [0.1, 0.15) is 11.4 Å². The average molecular weight is 467 g/mol. The molecule has 0 aliphatic rings. The summed E-state index contributed by atoms with van der Waals surface area (Å²) >= 11 is 0. The maximum absolute atomic E-state index is 8.91. The van der Waals surface area contributed by atoms with Crippen molar-refractivity contribution in [2.24, 2.45) is 7.05 Å². The van der Waals surface area contributed by atoms with Crippen LogP contribution in [0, 0.1) is 11.3 Å². The quantitative estimate of drug-likeness (QED) is 0.323. The number of ether oxygens (including phenoxy) is 3. The van der Waals surface area contributed by atoms with Gasteiger partial charge >= 0.3 is 0 Å². The van der Waals surface area contributed by atoms with Gasteiger partial charge < -0.3 is 23.8 Å². The number of hydrogen-bond acceptors (Lipinski definition) is 7. The molecule has 3 heterocycles. The molecule has 35 heavy (non-hydrogen) atoms. The largest absolute Gasteiger partial charge is 0.490 e. The molecule has 2 aromatic carbocycles. The van der Waals surface area contributed by atoms with Crippen LogP contribution in [-0.4, -0.2) is 37.7 Å². The van der Waals surface area contributed by atoms with Gasteiger partial charge in [0.2, 0.25) is 0 Å². The van der Waals surface area contributed by atoms with E-state index in [0.717, 1.165) is 16.9 Å².